The van der Waals surface area contributed by atoms with E-state index in [2.05, 4.69) is 42.4 Å². The molecule has 1 aromatic rings. The van der Waals surface area contributed by atoms with Crippen molar-refractivity contribution in [3.05, 3.63) is 11.3 Å². The number of hydrogen-bond donors (Lipinski definition) is 3. The number of anilines is 2. The Morgan fingerprint density at radius 1 is 0.969 bits per heavy atom. The lowest BCUT2D eigenvalue weighted by atomic mass is 9.91. The van der Waals surface area contributed by atoms with Gasteiger partial charge in [-0.1, -0.05) is 19.2 Å². The van der Waals surface area contributed by atoms with E-state index >= 15 is 0 Å². The Hall–Kier alpha value is -1.70. The summed E-state index contributed by atoms with van der Waals surface area (Å²) in [6, 6.07) is 0.908. The zero-order chi connectivity index (χ0) is 22.2. The summed E-state index contributed by atoms with van der Waals surface area (Å²) >= 11 is 4.59. The van der Waals surface area contributed by atoms with Gasteiger partial charge in [0.1, 0.15) is 5.82 Å². The number of fused-ring (bicyclic) bond motifs is 3. The number of nitrogens with one attached hydrogen (secondary N) is 2. The molecule has 3 saturated carbocycles. The number of aryl methyl sites for hydroxylation is 1. The molecule has 32 heavy (non-hydrogen) atoms. The molecule has 8 heteroatoms. The van der Waals surface area contributed by atoms with Crippen LogP contribution in [0.2, 0.25) is 0 Å². The van der Waals surface area contributed by atoms with Gasteiger partial charge in [-0.05, 0) is 82.5 Å². The Morgan fingerprint density at radius 3 is 2.41 bits per heavy atom. The molecule has 0 radical (unpaired) electrons. The Kier molecular flexibility index (Phi) is 6.41. The number of thiol groups is 1. The van der Waals surface area contributed by atoms with Crippen LogP contribution >= 0.6 is 12.8 Å². The largest absolute Gasteiger partial charge is 0.362 e. The van der Waals surface area contributed by atoms with Crippen LogP contribution in [-0.2, 0) is 12.8 Å². The van der Waals surface area contributed by atoms with Crippen LogP contribution in [0.5, 0.6) is 0 Å². The summed E-state index contributed by atoms with van der Waals surface area (Å²) in [4.78, 5) is 24.6. The quantitative estimate of drug-likeness (QED) is 0.577. The van der Waals surface area contributed by atoms with E-state index in [1.165, 1.54) is 43.4 Å². The standard InChI is InChI=1S/C24H38N6OS/c1-29(2)22-19-5-3-4-6-20(19)27-23(28-22)25-17-9-11-18(12-10-17)26-24(31)30(32)21-14-15-7-8-16(21)13-15/h15-18,21,32H,3-14H2,1-2H3,(H,26,31)(H,25,27,28). The van der Waals surface area contributed by atoms with Gasteiger partial charge in [0.25, 0.3) is 0 Å². The number of nitrogens with zero attached hydrogens (tertiary/aromatic N) is 4. The lowest BCUT2D eigenvalue weighted by Crippen LogP contribution is -2.48. The molecule has 0 aliphatic heterocycles. The molecule has 2 bridgehead atoms. The number of hydrogen-bond acceptors (Lipinski definition) is 6. The summed E-state index contributed by atoms with van der Waals surface area (Å²) in [5, 5.41) is 6.85. The van der Waals surface area contributed by atoms with E-state index < -0.39 is 0 Å². The number of aromatic nitrogens is 2. The second-order valence-electron chi connectivity index (χ2n) is 10.6. The van der Waals surface area contributed by atoms with Gasteiger partial charge >= 0.3 is 6.03 Å². The van der Waals surface area contributed by atoms with E-state index in [4.69, 9.17) is 9.97 Å². The van der Waals surface area contributed by atoms with Crippen LogP contribution in [0.3, 0.4) is 0 Å². The Balaban J connectivity index is 1.13. The molecular formula is C24H38N6OS. The van der Waals surface area contributed by atoms with Crippen LogP contribution < -0.4 is 15.5 Å². The highest BCUT2D eigenvalue weighted by molar-refractivity contribution is 7.78. The molecule has 3 atom stereocenters. The molecule has 4 aliphatic rings. The molecule has 1 heterocycles. The summed E-state index contributed by atoms with van der Waals surface area (Å²) in [7, 11) is 4.13. The Morgan fingerprint density at radius 2 is 1.72 bits per heavy atom. The molecule has 0 spiro atoms. The first-order valence-corrected chi connectivity index (χ1v) is 13.0. The maximum atomic E-state index is 12.8. The summed E-state index contributed by atoms with van der Waals surface area (Å²) in [6.45, 7) is 0. The molecule has 2 N–H and O–H groups in total. The lowest BCUT2D eigenvalue weighted by Gasteiger charge is -2.34. The van der Waals surface area contributed by atoms with E-state index in [9.17, 15) is 4.79 Å². The fourth-order valence-electron chi connectivity index (χ4n) is 6.48. The molecule has 0 aromatic carbocycles. The van der Waals surface area contributed by atoms with Gasteiger partial charge in [0.2, 0.25) is 5.95 Å². The maximum Gasteiger partial charge on any atom is 0.327 e. The van der Waals surface area contributed by atoms with Gasteiger partial charge in [0, 0.05) is 37.8 Å². The molecule has 1 aromatic heterocycles. The lowest BCUT2D eigenvalue weighted by molar-refractivity contribution is 0.193. The number of carbonyl (C=O) groups is 1. The monoisotopic (exact) mass is 458 g/mol. The van der Waals surface area contributed by atoms with E-state index in [1.807, 2.05) is 0 Å². The molecular weight excluding hydrogens is 420 g/mol. The SMILES string of the molecule is CN(C)c1nc(NC2CCC(NC(=O)N(S)C3CC4CCC3C4)CC2)nc2c1CCCC2. The highest BCUT2D eigenvalue weighted by atomic mass is 32.1. The molecule has 0 saturated heterocycles. The normalized spacial score (nSPS) is 31.2. The molecule has 4 aliphatic carbocycles. The van der Waals surface area contributed by atoms with Gasteiger partial charge in [-0.3, -0.25) is 4.31 Å². The highest BCUT2D eigenvalue weighted by Gasteiger charge is 2.43. The van der Waals surface area contributed by atoms with Crippen molar-refractivity contribution >= 4 is 30.6 Å². The summed E-state index contributed by atoms with van der Waals surface area (Å²) in [5.41, 5.74) is 2.54. The van der Waals surface area contributed by atoms with E-state index in [0.717, 1.165) is 62.6 Å². The third-order valence-electron chi connectivity index (χ3n) is 8.20. The smallest absolute Gasteiger partial charge is 0.327 e. The van der Waals surface area contributed by atoms with Gasteiger partial charge in [-0.2, -0.15) is 4.98 Å². The summed E-state index contributed by atoms with van der Waals surface area (Å²) < 4.78 is 1.71. The van der Waals surface area contributed by atoms with Crippen molar-refractivity contribution in [2.45, 2.75) is 95.2 Å². The molecule has 176 valence electrons. The number of urea groups is 1. The maximum absolute atomic E-state index is 12.8. The van der Waals surface area contributed by atoms with Crippen molar-refractivity contribution < 1.29 is 4.79 Å². The third kappa shape index (κ3) is 4.52. The summed E-state index contributed by atoms with van der Waals surface area (Å²) in [5.74, 6) is 3.30. The van der Waals surface area contributed by atoms with Crippen molar-refractivity contribution in [2.75, 3.05) is 24.3 Å². The second-order valence-corrected chi connectivity index (χ2v) is 11.1. The topological polar surface area (TPSA) is 73.4 Å². The third-order valence-corrected chi connectivity index (χ3v) is 8.67. The van der Waals surface area contributed by atoms with E-state index in [1.54, 1.807) is 4.31 Å². The van der Waals surface area contributed by atoms with Crippen LogP contribution in [-0.4, -0.2) is 52.5 Å². The second kappa shape index (κ2) is 9.27. The van der Waals surface area contributed by atoms with Crippen LogP contribution in [0.15, 0.2) is 0 Å². The minimum absolute atomic E-state index is 0.00376. The van der Waals surface area contributed by atoms with Gasteiger partial charge in [0.15, 0.2) is 0 Å². The van der Waals surface area contributed by atoms with Gasteiger partial charge in [-0.25, -0.2) is 9.78 Å². The highest BCUT2D eigenvalue weighted by Crippen LogP contribution is 2.47. The minimum Gasteiger partial charge on any atom is -0.362 e. The predicted molar refractivity (Wildman–Crippen MR) is 131 cm³/mol. The molecule has 7 nitrogen and oxygen atoms in total. The number of rotatable bonds is 5. The Bertz CT molecular complexity index is 840. The van der Waals surface area contributed by atoms with Gasteiger partial charge in [-0.15, -0.1) is 0 Å². The zero-order valence-electron chi connectivity index (χ0n) is 19.5. The Labute approximate surface area is 197 Å². The van der Waals surface area contributed by atoms with E-state index in [-0.39, 0.29) is 12.1 Å². The van der Waals surface area contributed by atoms with Crippen LogP contribution in [0.1, 0.15) is 75.5 Å². The first kappa shape index (κ1) is 22.1. The minimum atomic E-state index is -0.00376. The van der Waals surface area contributed by atoms with Crippen molar-refractivity contribution in [3.63, 3.8) is 0 Å². The van der Waals surface area contributed by atoms with Crippen LogP contribution in [0, 0.1) is 11.8 Å². The fraction of sp³-hybridized carbons (Fsp3) is 0.792. The average Bonchev–Trinajstić information content (AvgIpc) is 3.43. The zero-order valence-corrected chi connectivity index (χ0v) is 20.4. The number of amides is 2. The molecule has 5 rings (SSSR count). The van der Waals surface area contributed by atoms with Crippen molar-refractivity contribution in [3.8, 4) is 0 Å². The van der Waals surface area contributed by atoms with Crippen LogP contribution in [0.4, 0.5) is 16.6 Å². The first-order chi connectivity index (χ1) is 15.5. The molecule has 2 amide bonds. The van der Waals surface area contributed by atoms with Crippen molar-refractivity contribution in [1.29, 1.82) is 0 Å². The van der Waals surface area contributed by atoms with Crippen molar-refractivity contribution in [2.24, 2.45) is 11.8 Å². The van der Waals surface area contributed by atoms with E-state index in [0.29, 0.717) is 18.0 Å². The average molecular weight is 459 g/mol. The van der Waals surface area contributed by atoms with Gasteiger partial charge < -0.3 is 15.5 Å². The predicted octanol–water partition coefficient (Wildman–Crippen LogP) is 4.19. The summed E-state index contributed by atoms with van der Waals surface area (Å²) in [6.07, 6.45) is 13.6. The molecule has 3 fully saturated rings. The van der Waals surface area contributed by atoms with Crippen LogP contribution in [0.25, 0.3) is 0 Å². The van der Waals surface area contributed by atoms with Gasteiger partial charge in [0.05, 0.1) is 5.69 Å². The first-order valence-electron chi connectivity index (χ1n) is 12.6. The van der Waals surface area contributed by atoms with Crippen molar-refractivity contribution in [1.82, 2.24) is 19.6 Å². The number of carbonyl (C=O) groups excluding carboxylic acids is 1. The molecule has 3 unspecified atom stereocenters. The fourth-order valence-corrected chi connectivity index (χ4v) is 6.82.